The molecule has 0 fully saturated rings. The number of rotatable bonds is 3. The molecule has 1 aromatic heterocycles. The van der Waals surface area contributed by atoms with E-state index in [2.05, 4.69) is 88.8 Å². The molecular formula is C24H30Cl2N2Pd-2. The van der Waals surface area contributed by atoms with Crippen molar-refractivity contribution >= 4 is 19.1 Å². The van der Waals surface area contributed by atoms with Gasteiger partial charge in [-0.05, 0) is 0 Å². The summed E-state index contributed by atoms with van der Waals surface area (Å²) in [4.78, 5) is 0. The van der Waals surface area contributed by atoms with Crippen LogP contribution in [0, 0.1) is 59.3 Å². The molecule has 0 saturated heterocycles. The van der Waals surface area contributed by atoms with E-state index in [0.29, 0.717) is 0 Å². The van der Waals surface area contributed by atoms with E-state index in [1.165, 1.54) is 56.0 Å². The van der Waals surface area contributed by atoms with E-state index in [1.54, 1.807) is 0 Å². The SMILES string of the molecule is Cc1cc(C)c(Cn2c(C)c(C)n(-c3c(C)cc(C)cc3C)[c]2=[Pd-2]([Cl])[Cl])c(C)c1. The van der Waals surface area contributed by atoms with Gasteiger partial charge in [0, 0.05) is 0 Å². The van der Waals surface area contributed by atoms with Gasteiger partial charge in [0.2, 0.25) is 0 Å². The van der Waals surface area contributed by atoms with Gasteiger partial charge in [-0.15, -0.1) is 0 Å². The Morgan fingerprint density at radius 3 is 1.59 bits per heavy atom. The predicted molar refractivity (Wildman–Crippen MR) is 122 cm³/mol. The van der Waals surface area contributed by atoms with Gasteiger partial charge in [-0.3, -0.25) is 0 Å². The molecule has 0 aliphatic rings. The Morgan fingerprint density at radius 1 is 0.690 bits per heavy atom. The normalized spacial score (nSPS) is 11.9. The Balaban J connectivity index is 2.34. The zero-order chi connectivity index (χ0) is 21.6. The monoisotopic (exact) mass is 522 g/mol. The van der Waals surface area contributed by atoms with Crippen LogP contribution in [0.5, 0.6) is 0 Å². The number of nitrogens with zero attached hydrogens (tertiary/aromatic N) is 2. The summed E-state index contributed by atoms with van der Waals surface area (Å²) in [6.07, 6.45) is 0. The Hall–Kier alpha value is -1.11. The van der Waals surface area contributed by atoms with Gasteiger partial charge in [0.1, 0.15) is 0 Å². The number of aromatic nitrogens is 2. The molecule has 3 rings (SSSR count). The van der Waals surface area contributed by atoms with Crippen molar-refractivity contribution in [2.45, 2.75) is 61.9 Å². The molecule has 2 aromatic carbocycles. The third-order valence-electron chi connectivity index (χ3n) is 5.76. The third kappa shape index (κ3) is 4.21. The van der Waals surface area contributed by atoms with Gasteiger partial charge >= 0.3 is 189 Å². The van der Waals surface area contributed by atoms with Gasteiger partial charge in [0.05, 0.1) is 0 Å². The first-order chi connectivity index (χ1) is 13.5. The van der Waals surface area contributed by atoms with Crippen LogP contribution < -0.4 is 0 Å². The molecule has 29 heavy (non-hydrogen) atoms. The summed E-state index contributed by atoms with van der Waals surface area (Å²) in [5.41, 5.74) is 12.7. The van der Waals surface area contributed by atoms with Crippen molar-refractivity contribution in [3.63, 3.8) is 0 Å². The Kier molecular flexibility index (Phi) is 6.66. The van der Waals surface area contributed by atoms with E-state index in [-0.39, 0.29) is 0 Å². The van der Waals surface area contributed by atoms with Crippen molar-refractivity contribution in [1.82, 2.24) is 9.13 Å². The summed E-state index contributed by atoms with van der Waals surface area (Å²) in [7, 11) is 13.4. The standard InChI is InChI=1S/C24H30N2.2ClH.Pd/c1-15-9-17(3)23(18(4)10-15)13-25-14-26(22(8)21(25)7)24-19(5)11-16(2)12-20(24)6;;;/h9-12H,13H2,1-8H3;2*1H;/p-2. The molecule has 1 heterocycles. The van der Waals surface area contributed by atoms with Crippen LogP contribution in [-0.4, -0.2) is 9.13 Å². The number of aryl methyl sites for hydroxylation is 6. The average molecular weight is 524 g/mol. The van der Waals surface area contributed by atoms with E-state index in [0.717, 1.165) is 10.4 Å². The fourth-order valence-corrected chi connectivity index (χ4v) is 7.22. The molecule has 5 heteroatoms. The first-order valence-electron chi connectivity index (χ1n) is 9.74. The van der Waals surface area contributed by atoms with Crippen molar-refractivity contribution in [2.24, 2.45) is 0 Å². The topological polar surface area (TPSA) is 9.86 Å². The summed E-state index contributed by atoms with van der Waals surface area (Å²) in [6.45, 7) is 18.1. The van der Waals surface area contributed by atoms with Crippen molar-refractivity contribution in [2.75, 3.05) is 0 Å². The second-order valence-corrected chi connectivity index (χ2v) is 13.2. The van der Waals surface area contributed by atoms with Crippen molar-refractivity contribution in [3.05, 3.63) is 78.5 Å². The summed E-state index contributed by atoms with van der Waals surface area (Å²) in [5.74, 6) is 0. The van der Waals surface area contributed by atoms with Crippen LogP contribution in [0.2, 0.25) is 0 Å². The minimum absolute atomic E-state index is 0.786. The molecule has 0 radical (unpaired) electrons. The second-order valence-electron chi connectivity index (χ2n) is 8.12. The van der Waals surface area contributed by atoms with Crippen LogP contribution in [0.25, 0.3) is 5.69 Å². The van der Waals surface area contributed by atoms with Gasteiger partial charge in [0.15, 0.2) is 0 Å². The Bertz CT molecular complexity index is 1130. The van der Waals surface area contributed by atoms with E-state index in [9.17, 15) is 0 Å². The molecule has 0 atom stereocenters. The molecule has 0 bridgehead atoms. The number of imidazole rings is 1. The minimum atomic E-state index is -1.91. The molecule has 0 amide bonds. The summed E-state index contributed by atoms with van der Waals surface area (Å²) in [5, 5.41) is 0. The number of hydrogen-bond acceptors (Lipinski definition) is 0. The van der Waals surface area contributed by atoms with Crippen molar-refractivity contribution < 1.29 is 14.3 Å². The van der Waals surface area contributed by atoms with E-state index < -0.39 is 14.3 Å². The van der Waals surface area contributed by atoms with Crippen LogP contribution in [0.1, 0.15) is 50.3 Å². The first-order valence-corrected chi connectivity index (χ1v) is 14.5. The first kappa shape index (κ1) is 22.6. The molecular weight excluding hydrogens is 494 g/mol. The average Bonchev–Trinajstić information content (AvgIpc) is 2.82. The predicted octanol–water partition coefficient (Wildman–Crippen LogP) is 7.25. The zero-order valence-electron chi connectivity index (χ0n) is 18.5. The van der Waals surface area contributed by atoms with Crippen LogP contribution in [0.15, 0.2) is 24.3 Å². The van der Waals surface area contributed by atoms with E-state index >= 15 is 0 Å². The van der Waals surface area contributed by atoms with Crippen molar-refractivity contribution in [1.29, 1.82) is 0 Å². The maximum absolute atomic E-state index is 6.70. The number of benzene rings is 2. The van der Waals surface area contributed by atoms with Gasteiger partial charge in [0.25, 0.3) is 0 Å². The summed E-state index contributed by atoms with van der Waals surface area (Å²) < 4.78 is 5.67. The van der Waals surface area contributed by atoms with Gasteiger partial charge < -0.3 is 0 Å². The molecule has 0 unspecified atom stereocenters. The summed E-state index contributed by atoms with van der Waals surface area (Å²) >= 11 is -1.91. The fourth-order valence-electron chi connectivity index (χ4n) is 4.43. The van der Waals surface area contributed by atoms with Gasteiger partial charge in [-0.1, -0.05) is 0 Å². The van der Waals surface area contributed by atoms with Gasteiger partial charge in [-0.2, -0.15) is 0 Å². The van der Waals surface area contributed by atoms with E-state index in [4.69, 9.17) is 19.1 Å². The number of halogens is 2. The summed E-state index contributed by atoms with van der Waals surface area (Å²) in [6, 6.07) is 8.97. The molecule has 0 N–H and O–H groups in total. The van der Waals surface area contributed by atoms with Crippen LogP contribution in [-0.2, 0) is 20.8 Å². The zero-order valence-corrected chi connectivity index (χ0v) is 21.5. The molecule has 0 aliphatic carbocycles. The Morgan fingerprint density at radius 2 is 1.14 bits per heavy atom. The van der Waals surface area contributed by atoms with E-state index in [1.807, 2.05) is 0 Å². The quantitative estimate of drug-likeness (QED) is 0.320. The fraction of sp³-hybridized carbons (Fsp3) is 0.375. The molecule has 0 saturated carbocycles. The molecule has 2 nitrogen and oxygen atoms in total. The van der Waals surface area contributed by atoms with Gasteiger partial charge in [-0.25, -0.2) is 0 Å². The molecule has 0 spiro atoms. The van der Waals surface area contributed by atoms with Crippen molar-refractivity contribution in [3.8, 4) is 5.69 Å². The van der Waals surface area contributed by atoms with Crippen LogP contribution >= 0.6 is 19.1 Å². The third-order valence-corrected chi connectivity index (χ3v) is 8.32. The van der Waals surface area contributed by atoms with Crippen LogP contribution in [0.3, 0.4) is 0 Å². The molecule has 162 valence electrons. The Labute approximate surface area is 187 Å². The molecule has 0 aliphatic heterocycles. The molecule has 3 aromatic rings. The maximum atomic E-state index is 6.70. The second kappa shape index (κ2) is 8.56. The number of hydrogen-bond donors (Lipinski definition) is 0. The van der Waals surface area contributed by atoms with Crippen LogP contribution in [0.4, 0.5) is 0 Å².